The average molecular weight is 244 g/mol. The third-order valence-electron chi connectivity index (χ3n) is 3.42. The van der Waals surface area contributed by atoms with Crippen molar-refractivity contribution in [2.45, 2.75) is 65.3 Å². The second kappa shape index (κ2) is 8.90. The second-order valence-corrected chi connectivity index (χ2v) is 4.80. The highest BCUT2D eigenvalue weighted by Crippen LogP contribution is 2.26. The number of hydrogen-bond donors (Lipinski definition) is 0. The molecule has 2 unspecified atom stereocenters. The van der Waals surface area contributed by atoms with Crippen molar-refractivity contribution in [3.63, 3.8) is 0 Å². The molecule has 3 heteroatoms. The summed E-state index contributed by atoms with van der Waals surface area (Å²) in [4.78, 5) is 0. The lowest BCUT2D eigenvalue weighted by atomic mass is 9.88. The summed E-state index contributed by atoms with van der Waals surface area (Å²) in [5.74, 6) is 0.710. The van der Waals surface area contributed by atoms with E-state index in [4.69, 9.17) is 14.2 Å². The Morgan fingerprint density at radius 2 is 1.71 bits per heavy atom. The summed E-state index contributed by atoms with van der Waals surface area (Å²) < 4.78 is 17.0. The third-order valence-corrected chi connectivity index (χ3v) is 3.42. The van der Waals surface area contributed by atoms with Crippen LogP contribution in [0.25, 0.3) is 0 Å². The molecule has 0 N–H and O–H groups in total. The van der Waals surface area contributed by atoms with Crippen LogP contribution in [0, 0.1) is 5.92 Å². The van der Waals surface area contributed by atoms with E-state index in [0.29, 0.717) is 25.2 Å². The molecule has 1 fully saturated rings. The van der Waals surface area contributed by atoms with Gasteiger partial charge in [0.05, 0.1) is 12.7 Å². The van der Waals surface area contributed by atoms with Gasteiger partial charge in [-0.3, -0.25) is 0 Å². The van der Waals surface area contributed by atoms with Gasteiger partial charge in [0.25, 0.3) is 0 Å². The Morgan fingerprint density at radius 3 is 2.29 bits per heavy atom. The van der Waals surface area contributed by atoms with Crippen molar-refractivity contribution in [2.75, 3.05) is 19.8 Å². The molecule has 2 atom stereocenters. The van der Waals surface area contributed by atoms with Crippen LogP contribution in [0.1, 0.15) is 52.9 Å². The maximum atomic E-state index is 5.96. The molecule has 102 valence electrons. The smallest absolute Gasteiger partial charge is 0.159 e. The maximum absolute atomic E-state index is 5.96. The van der Waals surface area contributed by atoms with Crippen LogP contribution < -0.4 is 0 Å². The number of rotatable bonds is 8. The molecule has 3 nitrogen and oxygen atoms in total. The molecule has 0 saturated heterocycles. The number of ether oxygens (including phenoxy) is 3. The van der Waals surface area contributed by atoms with Gasteiger partial charge in [-0.2, -0.15) is 0 Å². The minimum Gasteiger partial charge on any atom is -0.378 e. The largest absolute Gasteiger partial charge is 0.378 e. The molecule has 1 rings (SSSR count). The van der Waals surface area contributed by atoms with E-state index in [1.165, 1.54) is 25.7 Å². The van der Waals surface area contributed by atoms with Crippen molar-refractivity contribution in [3.05, 3.63) is 0 Å². The first-order chi connectivity index (χ1) is 8.27. The molecule has 1 aliphatic rings. The van der Waals surface area contributed by atoms with Gasteiger partial charge in [0.1, 0.15) is 0 Å². The highest BCUT2D eigenvalue weighted by molar-refractivity contribution is 4.72. The van der Waals surface area contributed by atoms with Gasteiger partial charge >= 0.3 is 0 Å². The van der Waals surface area contributed by atoms with Crippen LogP contribution in [0.4, 0.5) is 0 Å². The van der Waals surface area contributed by atoms with Crippen LogP contribution in [0.3, 0.4) is 0 Å². The monoisotopic (exact) mass is 244 g/mol. The van der Waals surface area contributed by atoms with E-state index in [1.807, 2.05) is 13.8 Å². The normalized spacial score (nSPS) is 25.4. The molecule has 0 bridgehead atoms. The molecule has 0 amide bonds. The lowest BCUT2D eigenvalue weighted by Crippen LogP contribution is -2.28. The molecule has 0 radical (unpaired) electrons. The third kappa shape index (κ3) is 5.84. The molecular formula is C14H28O3. The van der Waals surface area contributed by atoms with E-state index in [9.17, 15) is 0 Å². The fourth-order valence-corrected chi connectivity index (χ4v) is 2.43. The van der Waals surface area contributed by atoms with Gasteiger partial charge < -0.3 is 14.2 Å². The van der Waals surface area contributed by atoms with Gasteiger partial charge in [-0.05, 0) is 32.6 Å². The molecule has 1 saturated carbocycles. The highest BCUT2D eigenvalue weighted by Gasteiger charge is 2.22. The highest BCUT2D eigenvalue weighted by atomic mass is 16.7. The molecule has 17 heavy (non-hydrogen) atoms. The predicted octanol–water partition coefficient (Wildman–Crippen LogP) is 3.37. The van der Waals surface area contributed by atoms with Gasteiger partial charge in [-0.1, -0.05) is 19.8 Å². The van der Waals surface area contributed by atoms with E-state index < -0.39 is 0 Å². The molecule has 1 aliphatic carbocycles. The van der Waals surface area contributed by atoms with Crippen molar-refractivity contribution in [2.24, 2.45) is 5.92 Å². The fraction of sp³-hybridized carbons (Fsp3) is 1.00. The van der Waals surface area contributed by atoms with E-state index in [2.05, 4.69) is 6.92 Å². The van der Waals surface area contributed by atoms with Crippen LogP contribution >= 0.6 is 0 Å². The van der Waals surface area contributed by atoms with E-state index in [0.717, 1.165) is 13.0 Å². The Labute approximate surface area is 106 Å². The maximum Gasteiger partial charge on any atom is 0.159 e. The van der Waals surface area contributed by atoms with Gasteiger partial charge in [-0.15, -0.1) is 0 Å². The second-order valence-electron chi connectivity index (χ2n) is 4.80. The lowest BCUT2D eigenvalue weighted by molar-refractivity contribution is -0.151. The van der Waals surface area contributed by atoms with Crippen molar-refractivity contribution in [1.82, 2.24) is 0 Å². The summed E-state index contributed by atoms with van der Waals surface area (Å²) in [6, 6.07) is 0. The van der Waals surface area contributed by atoms with Crippen LogP contribution in [0.2, 0.25) is 0 Å². The van der Waals surface area contributed by atoms with Gasteiger partial charge in [0, 0.05) is 19.6 Å². The summed E-state index contributed by atoms with van der Waals surface area (Å²) in [5.41, 5.74) is 0. The van der Waals surface area contributed by atoms with Crippen LogP contribution in [-0.2, 0) is 14.2 Å². The minimum absolute atomic E-state index is 0.0936. The zero-order chi connectivity index (χ0) is 12.5. The molecule has 0 aromatic carbocycles. The van der Waals surface area contributed by atoms with E-state index >= 15 is 0 Å². The number of hydrogen-bond acceptors (Lipinski definition) is 3. The Hall–Kier alpha value is -0.120. The zero-order valence-corrected chi connectivity index (χ0v) is 11.6. The van der Waals surface area contributed by atoms with Crippen LogP contribution in [0.5, 0.6) is 0 Å². The summed E-state index contributed by atoms with van der Waals surface area (Å²) in [7, 11) is 0. The van der Waals surface area contributed by atoms with Crippen molar-refractivity contribution in [1.29, 1.82) is 0 Å². The Kier molecular flexibility index (Phi) is 7.82. The van der Waals surface area contributed by atoms with Crippen LogP contribution in [0.15, 0.2) is 0 Å². The molecule has 0 aromatic heterocycles. The van der Waals surface area contributed by atoms with Gasteiger partial charge in [0.15, 0.2) is 6.29 Å². The summed E-state index contributed by atoms with van der Waals surface area (Å²) in [5, 5.41) is 0. The van der Waals surface area contributed by atoms with Crippen molar-refractivity contribution in [3.8, 4) is 0 Å². The Balaban J connectivity index is 2.15. The zero-order valence-electron chi connectivity index (χ0n) is 11.6. The summed E-state index contributed by atoms with van der Waals surface area (Å²) >= 11 is 0. The van der Waals surface area contributed by atoms with E-state index in [1.54, 1.807) is 0 Å². The first-order valence-corrected chi connectivity index (χ1v) is 7.12. The topological polar surface area (TPSA) is 27.7 Å². The Bertz CT molecular complexity index is 178. The van der Waals surface area contributed by atoms with Crippen molar-refractivity contribution < 1.29 is 14.2 Å². The molecule has 0 heterocycles. The average Bonchev–Trinajstić information content (AvgIpc) is 2.32. The molecule has 0 aliphatic heterocycles. The SMILES string of the molecule is CCOC(CCOC1CCCCC1C)OCC. The van der Waals surface area contributed by atoms with Crippen molar-refractivity contribution >= 4 is 0 Å². The first-order valence-electron chi connectivity index (χ1n) is 7.12. The summed E-state index contributed by atoms with van der Waals surface area (Å²) in [6.45, 7) is 8.44. The lowest BCUT2D eigenvalue weighted by Gasteiger charge is -2.29. The quantitative estimate of drug-likeness (QED) is 0.613. The fourth-order valence-electron chi connectivity index (χ4n) is 2.43. The first kappa shape index (κ1) is 14.9. The standard InChI is InChI=1S/C14H28O3/c1-4-15-14(16-5-2)10-11-17-13-9-7-6-8-12(13)3/h12-14H,4-11H2,1-3H3. The van der Waals surface area contributed by atoms with E-state index in [-0.39, 0.29) is 6.29 Å². The predicted molar refractivity (Wildman–Crippen MR) is 69.0 cm³/mol. The molecule has 0 aromatic rings. The molecule has 0 spiro atoms. The van der Waals surface area contributed by atoms with Gasteiger partial charge in [0.2, 0.25) is 0 Å². The minimum atomic E-state index is -0.0936. The van der Waals surface area contributed by atoms with Gasteiger partial charge in [-0.25, -0.2) is 0 Å². The van der Waals surface area contributed by atoms with Crippen LogP contribution in [-0.4, -0.2) is 32.2 Å². The molecular weight excluding hydrogens is 216 g/mol. The Morgan fingerprint density at radius 1 is 1.06 bits per heavy atom. The summed E-state index contributed by atoms with van der Waals surface area (Å²) in [6.07, 6.45) is 6.40.